The SMILES string of the molecule is CCCCCCC(=O)OC[C@H](CO)OP(=O)(O)OCC[N+](C)(C)C. The second kappa shape index (κ2) is 12.0. The summed E-state index contributed by atoms with van der Waals surface area (Å²) in [5.74, 6) is -0.410. The Hall–Kier alpha value is -0.500. The molecule has 24 heavy (non-hydrogen) atoms. The Bertz CT molecular complexity index is 398. The van der Waals surface area contributed by atoms with Gasteiger partial charge in [-0.25, -0.2) is 4.57 Å². The maximum Gasteiger partial charge on any atom is 0.472 e. The van der Waals surface area contributed by atoms with Crippen LogP contribution in [0.15, 0.2) is 0 Å². The zero-order valence-corrected chi connectivity index (χ0v) is 16.2. The number of hydrogen-bond acceptors (Lipinski definition) is 6. The molecule has 0 saturated heterocycles. The lowest BCUT2D eigenvalue weighted by molar-refractivity contribution is -0.870. The Morgan fingerprint density at radius 1 is 1.21 bits per heavy atom. The third-order valence-electron chi connectivity index (χ3n) is 3.17. The minimum atomic E-state index is -4.30. The van der Waals surface area contributed by atoms with Gasteiger partial charge in [-0.2, -0.15) is 0 Å². The summed E-state index contributed by atoms with van der Waals surface area (Å²) in [4.78, 5) is 21.2. The zero-order chi connectivity index (χ0) is 18.6. The molecule has 0 bridgehead atoms. The molecule has 8 nitrogen and oxygen atoms in total. The molecular formula is C15H33NO7P+. The standard InChI is InChI=1S/C15H32NO7P/c1-5-6-7-8-9-15(18)21-13-14(12-17)23-24(19,20)22-11-10-16(2,3)4/h14,17H,5-13H2,1-4H3/p+1/t14-/m0/s1. The molecule has 0 aromatic heterocycles. The van der Waals surface area contributed by atoms with Crippen LogP contribution in [0.2, 0.25) is 0 Å². The predicted octanol–water partition coefficient (Wildman–Crippen LogP) is 1.70. The minimum Gasteiger partial charge on any atom is -0.463 e. The molecule has 0 spiro atoms. The number of hydrogen-bond donors (Lipinski definition) is 2. The highest BCUT2D eigenvalue weighted by Crippen LogP contribution is 2.44. The van der Waals surface area contributed by atoms with Crippen LogP contribution in [0.1, 0.15) is 39.0 Å². The molecule has 0 amide bonds. The van der Waals surface area contributed by atoms with Gasteiger partial charge in [0.25, 0.3) is 0 Å². The van der Waals surface area contributed by atoms with Gasteiger partial charge in [0, 0.05) is 6.42 Å². The Balaban J connectivity index is 4.10. The van der Waals surface area contributed by atoms with Gasteiger partial charge in [0.05, 0.1) is 27.7 Å². The summed E-state index contributed by atoms with van der Waals surface area (Å²) in [6.07, 6.45) is 3.03. The van der Waals surface area contributed by atoms with Gasteiger partial charge in [-0.15, -0.1) is 0 Å². The van der Waals surface area contributed by atoms with Crippen LogP contribution in [0, 0.1) is 0 Å². The lowest BCUT2D eigenvalue weighted by Gasteiger charge is -2.24. The molecule has 0 aliphatic carbocycles. The number of carbonyl (C=O) groups is 1. The molecule has 2 atom stereocenters. The number of phosphoric acid groups is 1. The number of ether oxygens (including phenoxy) is 1. The first kappa shape index (κ1) is 23.5. The molecule has 0 radical (unpaired) electrons. The largest absolute Gasteiger partial charge is 0.472 e. The average molecular weight is 370 g/mol. The summed E-state index contributed by atoms with van der Waals surface area (Å²) >= 11 is 0. The van der Waals surface area contributed by atoms with Crippen LogP contribution in [-0.4, -0.2) is 74.1 Å². The van der Waals surface area contributed by atoms with E-state index in [4.69, 9.17) is 13.8 Å². The van der Waals surface area contributed by atoms with Gasteiger partial charge in [0.1, 0.15) is 25.9 Å². The molecule has 1 unspecified atom stereocenters. The van der Waals surface area contributed by atoms with Crippen molar-refractivity contribution in [2.45, 2.75) is 45.1 Å². The van der Waals surface area contributed by atoms with Crippen LogP contribution >= 0.6 is 7.82 Å². The van der Waals surface area contributed by atoms with Crippen molar-refractivity contribution in [2.24, 2.45) is 0 Å². The van der Waals surface area contributed by atoms with E-state index in [0.29, 0.717) is 11.0 Å². The van der Waals surface area contributed by atoms with Gasteiger partial charge >= 0.3 is 13.8 Å². The number of carbonyl (C=O) groups excluding carboxylic acids is 1. The van der Waals surface area contributed by atoms with Crippen molar-refractivity contribution in [1.29, 1.82) is 0 Å². The Labute approximate surface area is 144 Å². The van der Waals surface area contributed by atoms with Crippen molar-refractivity contribution in [3.63, 3.8) is 0 Å². The first-order valence-corrected chi connectivity index (χ1v) is 9.82. The molecule has 0 aliphatic heterocycles. The van der Waals surface area contributed by atoms with E-state index in [0.717, 1.165) is 25.7 Å². The van der Waals surface area contributed by atoms with Gasteiger partial charge in [-0.05, 0) is 6.42 Å². The number of quaternary nitrogens is 1. The van der Waals surface area contributed by atoms with Crippen molar-refractivity contribution >= 4 is 13.8 Å². The van der Waals surface area contributed by atoms with Crippen LogP contribution < -0.4 is 0 Å². The smallest absolute Gasteiger partial charge is 0.463 e. The number of esters is 1. The second-order valence-corrected chi connectivity index (χ2v) is 8.13. The van der Waals surface area contributed by atoms with E-state index >= 15 is 0 Å². The highest BCUT2D eigenvalue weighted by Gasteiger charge is 2.28. The molecule has 2 N–H and O–H groups in total. The van der Waals surface area contributed by atoms with Crippen molar-refractivity contribution in [3.05, 3.63) is 0 Å². The Morgan fingerprint density at radius 2 is 1.88 bits per heavy atom. The van der Waals surface area contributed by atoms with E-state index in [2.05, 4.69) is 6.92 Å². The van der Waals surface area contributed by atoms with Gasteiger partial charge in [0.15, 0.2) is 0 Å². The first-order valence-electron chi connectivity index (χ1n) is 8.32. The van der Waals surface area contributed by atoms with Crippen LogP contribution in [-0.2, 0) is 23.1 Å². The van der Waals surface area contributed by atoms with Gasteiger partial charge in [-0.3, -0.25) is 13.8 Å². The van der Waals surface area contributed by atoms with Crippen molar-refractivity contribution in [1.82, 2.24) is 0 Å². The third kappa shape index (κ3) is 13.9. The lowest BCUT2D eigenvalue weighted by atomic mass is 10.2. The first-order chi connectivity index (χ1) is 11.1. The average Bonchev–Trinajstić information content (AvgIpc) is 2.46. The number of rotatable bonds is 14. The van der Waals surface area contributed by atoms with E-state index in [-0.39, 0.29) is 19.6 Å². The summed E-state index contributed by atoms with van der Waals surface area (Å²) in [5.41, 5.74) is 0. The molecular weight excluding hydrogens is 337 g/mol. The molecule has 0 rings (SSSR count). The maximum atomic E-state index is 11.8. The topological polar surface area (TPSA) is 102 Å². The quantitative estimate of drug-likeness (QED) is 0.208. The summed E-state index contributed by atoms with van der Waals surface area (Å²) in [6.45, 7) is 1.80. The van der Waals surface area contributed by atoms with Crippen LogP contribution in [0.3, 0.4) is 0 Å². The second-order valence-electron chi connectivity index (χ2n) is 6.72. The summed E-state index contributed by atoms with van der Waals surface area (Å²) in [7, 11) is 1.46. The van der Waals surface area contributed by atoms with Crippen molar-refractivity contribution in [2.75, 3.05) is 47.5 Å². The third-order valence-corrected chi connectivity index (χ3v) is 4.24. The molecule has 0 fully saturated rings. The fraction of sp³-hybridized carbons (Fsp3) is 0.933. The number of likely N-dealkylation sites (N-methyl/N-ethyl adjacent to an activating group) is 1. The molecule has 0 aromatic rings. The summed E-state index contributed by atoms with van der Waals surface area (Å²) in [6, 6.07) is 0. The van der Waals surface area contributed by atoms with Crippen molar-refractivity contribution in [3.8, 4) is 0 Å². The number of phosphoric ester groups is 1. The number of aliphatic hydroxyl groups excluding tert-OH is 1. The Morgan fingerprint density at radius 3 is 2.42 bits per heavy atom. The normalized spacial score (nSPS) is 15.8. The van der Waals surface area contributed by atoms with Gasteiger partial charge in [0.2, 0.25) is 0 Å². The van der Waals surface area contributed by atoms with Crippen LogP contribution in [0.5, 0.6) is 0 Å². The molecule has 0 aromatic carbocycles. The van der Waals surface area contributed by atoms with Crippen LogP contribution in [0.25, 0.3) is 0 Å². The maximum absolute atomic E-state index is 11.8. The van der Waals surface area contributed by atoms with E-state index < -0.39 is 26.5 Å². The van der Waals surface area contributed by atoms with Gasteiger partial charge < -0.3 is 19.2 Å². The van der Waals surface area contributed by atoms with E-state index in [1.165, 1.54) is 0 Å². The fourth-order valence-corrected chi connectivity index (χ4v) is 2.60. The highest BCUT2D eigenvalue weighted by molar-refractivity contribution is 7.47. The summed E-state index contributed by atoms with van der Waals surface area (Å²) in [5, 5.41) is 9.20. The van der Waals surface area contributed by atoms with E-state index in [9.17, 15) is 19.4 Å². The predicted molar refractivity (Wildman–Crippen MR) is 90.4 cm³/mol. The lowest BCUT2D eigenvalue weighted by Crippen LogP contribution is -2.37. The van der Waals surface area contributed by atoms with E-state index in [1.807, 2.05) is 21.1 Å². The highest BCUT2D eigenvalue weighted by atomic mass is 31.2. The Kier molecular flexibility index (Phi) is 11.7. The number of unbranched alkanes of at least 4 members (excludes halogenated alkanes) is 3. The van der Waals surface area contributed by atoms with E-state index in [1.54, 1.807) is 0 Å². The molecule has 0 saturated carbocycles. The van der Waals surface area contributed by atoms with Crippen molar-refractivity contribution < 1.29 is 37.6 Å². The fourth-order valence-electron chi connectivity index (χ4n) is 1.72. The molecule has 0 aliphatic rings. The van der Waals surface area contributed by atoms with Crippen LogP contribution in [0.4, 0.5) is 0 Å². The van der Waals surface area contributed by atoms with Gasteiger partial charge in [-0.1, -0.05) is 26.2 Å². The monoisotopic (exact) mass is 370 g/mol. The number of aliphatic hydroxyl groups is 1. The summed E-state index contributed by atoms with van der Waals surface area (Å²) < 4.78 is 27.1. The molecule has 0 heterocycles. The molecule has 9 heteroatoms. The number of nitrogens with zero attached hydrogens (tertiary/aromatic N) is 1. The molecule has 144 valence electrons. The zero-order valence-electron chi connectivity index (χ0n) is 15.3. The minimum absolute atomic E-state index is 0.0344.